The predicted molar refractivity (Wildman–Crippen MR) is 100 cm³/mol. The maximum Gasteiger partial charge on any atom is 0.270 e. The van der Waals surface area contributed by atoms with Crippen LogP contribution in [0.5, 0.6) is 5.75 Å². The van der Waals surface area contributed by atoms with Gasteiger partial charge in [-0.3, -0.25) is 19.7 Å². The number of Topliss-reactive ketones (excluding diaryl/α,β-unsaturated/α-hetero) is 1. The van der Waals surface area contributed by atoms with Crippen LogP contribution in [0.3, 0.4) is 0 Å². The molecule has 0 bridgehead atoms. The van der Waals surface area contributed by atoms with E-state index in [9.17, 15) is 14.0 Å². The number of rotatable bonds is 6. The van der Waals surface area contributed by atoms with Crippen molar-refractivity contribution in [2.45, 2.75) is 13.8 Å². The SMILES string of the molecule is Cc1cc(C(=O)COc2ccccc2F)c(C)n1NC(=O)c1ccccc1. The molecule has 0 saturated carbocycles. The minimum atomic E-state index is -0.522. The molecule has 3 rings (SSSR count). The molecule has 0 spiro atoms. The first kappa shape index (κ1) is 18.4. The third-order valence-corrected chi connectivity index (χ3v) is 4.18. The number of carbonyl (C=O) groups excluding carboxylic acids is 2. The van der Waals surface area contributed by atoms with E-state index in [0.29, 0.717) is 22.5 Å². The quantitative estimate of drug-likeness (QED) is 0.674. The maximum atomic E-state index is 13.6. The fourth-order valence-electron chi connectivity index (χ4n) is 2.76. The van der Waals surface area contributed by atoms with Crippen LogP contribution in [-0.4, -0.2) is 23.0 Å². The molecule has 1 aromatic heterocycles. The smallest absolute Gasteiger partial charge is 0.270 e. The number of nitrogens with zero attached hydrogens (tertiary/aromatic N) is 1. The minimum Gasteiger partial charge on any atom is -0.482 e. The van der Waals surface area contributed by atoms with Crippen molar-refractivity contribution in [2.75, 3.05) is 12.0 Å². The van der Waals surface area contributed by atoms with Crippen LogP contribution in [0, 0.1) is 19.7 Å². The van der Waals surface area contributed by atoms with Gasteiger partial charge in [0.15, 0.2) is 18.2 Å². The number of nitrogens with one attached hydrogen (secondary N) is 1. The second kappa shape index (κ2) is 7.86. The van der Waals surface area contributed by atoms with Crippen molar-refractivity contribution < 1.29 is 18.7 Å². The molecule has 6 heteroatoms. The van der Waals surface area contributed by atoms with Gasteiger partial charge < -0.3 is 4.74 Å². The summed E-state index contributed by atoms with van der Waals surface area (Å²) in [4.78, 5) is 24.9. The lowest BCUT2D eigenvalue weighted by Crippen LogP contribution is -2.25. The number of aromatic nitrogens is 1. The summed E-state index contributed by atoms with van der Waals surface area (Å²) in [7, 11) is 0. The Bertz CT molecular complexity index is 980. The first-order valence-electron chi connectivity index (χ1n) is 8.43. The average Bonchev–Trinajstić information content (AvgIpc) is 2.96. The molecule has 1 N–H and O–H groups in total. The van der Waals surface area contributed by atoms with E-state index in [1.54, 1.807) is 61.0 Å². The number of aryl methyl sites for hydroxylation is 1. The number of hydrogen-bond donors (Lipinski definition) is 1. The first-order chi connectivity index (χ1) is 13.0. The average molecular weight is 366 g/mol. The molecule has 138 valence electrons. The standard InChI is InChI=1S/C21H19FN2O3/c1-14-12-17(19(25)13-27-20-11-7-6-10-18(20)22)15(2)24(14)23-21(26)16-8-4-3-5-9-16/h3-12H,13H2,1-2H3,(H,23,26). The van der Waals surface area contributed by atoms with E-state index in [2.05, 4.69) is 5.43 Å². The molecule has 0 unspecified atom stereocenters. The molecule has 1 heterocycles. The van der Waals surface area contributed by atoms with Crippen LogP contribution in [-0.2, 0) is 0 Å². The Kier molecular flexibility index (Phi) is 5.35. The summed E-state index contributed by atoms with van der Waals surface area (Å²) in [5.41, 5.74) is 4.99. The van der Waals surface area contributed by atoms with Gasteiger partial charge in [-0.05, 0) is 44.2 Å². The van der Waals surface area contributed by atoms with E-state index in [1.165, 1.54) is 12.1 Å². The van der Waals surface area contributed by atoms with Gasteiger partial charge in [-0.2, -0.15) is 0 Å². The minimum absolute atomic E-state index is 0.0250. The Balaban J connectivity index is 1.74. The summed E-state index contributed by atoms with van der Waals surface area (Å²) in [5.74, 6) is -1.08. The van der Waals surface area contributed by atoms with Crippen molar-refractivity contribution in [3.05, 3.63) is 89.0 Å². The van der Waals surface area contributed by atoms with Crippen molar-refractivity contribution in [2.24, 2.45) is 0 Å². The molecule has 27 heavy (non-hydrogen) atoms. The Morgan fingerprint density at radius 1 is 1.04 bits per heavy atom. The zero-order chi connectivity index (χ0) is 19.4. The number of para-hydroxylation sites is 1. The summed E-state index contributed by atoms with van der Waals surface area (Å²) in [6, 6.07) is 16.4. The zero-order valence-corrected chi connectivity index (χ0v) is 15.0. The summed E-state index contributed by atoms with van der Waals surface area (Å²) in [6.45, 7) is 3.22. The van der Waals surface area contributed by atoms with Gasteiger partial charge in [0.2, 0.25) is 5.78 Å². The highest BCUT2D eigenvalue weighted by molar-refractivity contribution is 6.01. The van der Waals surface area contributed by atoms with Gasteiger partial charge in [-0.1, -0.05) is 30.3 Å². The third-order valence-electron chi connectivity index (χ3n) is 4.18. The zero-order valence-electron chi connectivity index (χ0n) is 15.0. The van der Waals surface area contributed by atoms with Gasteiger partial charge in [-0.15, -0.1) is 0 Å². The van der Waals surface area contributed by atoms with Crippen LogP contribution in [0.4, 0.5) is 4.39 Å². The van der Waals surface area contributed by atoms with Crippen LogP contribution in [0.2, 0.25) is 0 Å². The number of halogens is 1. The van der Waals surface area contributed by atoms with E-state index >= 15 is 0 Å². The van der Waals surface area contributed by atoms with Gasteiger partial charge >= 0.3 is 0 Å². The summed E-state index contributed by atoms with van der Waals surface area (Å²) in [5, 5.41) is 0. The topological polar surface area (TPSA) is 60.3 Å². The summed E-state index contributed by atoms with van der Waals surface area (Å²) >= 11 is 0. The highest BCUT2D eigenvalue weighted by Crippen LogP contribution is 2.18. The van der Waals surface area contributed by atoms with Crippen molar-refractivity contribution in [3.8, 4) is 5.75 Å². The fraction of sp³-hybridized carbons (Fsp3) is 0.143. The molecule has 5 nitrogen and oxygen atoms in total. The largest absolute Gasteiger partial charge is 0.482 e. The van der Waals surface area contributed by atoms with E-state index < -0.39 is 5.82 Å². The van der Waals surface area contributed by atoms with E-state index in [0.717, 1.165) is 0 Å². The first-order valence-corrected chi connectivity index (χ1v) is 8.43. The normalized spacial score (nSPS) is 10.5. The fourth-order valence-corrected chi connectivity index (χ4v) is 2.76. The molecule has 0 aliphatic rings. The molecule has 0 saturated heterocycles. The number of benzene rings is 2. The van der Waals surface area contributed by atoms with Crippen molar-refractivity contribution in [3.63, 3.8) is 0 Å². The van der Waals surface area contributed by atoms with Gasteiger partial charge in [0, 0.05) is 22.5 Å². The lowest BCUT2D eigenvalue weighted by atomic mass is 10.1. The van der Waals surface area contributed by atoms with Crippen molar-refractivity contribution in [1.29, 1.82) is 0 Å². The molecular weight excluding hydrogens is 347 g/mol. The molecule has 0 radical (unpaired) electrons. The number of amides is 1. The van der Waals surface area contributed by atoms with E-state index in [-0.39, 0.29) is 24.0 Å². The molecule has 0 aliphatic heterocycles. The third kappa shape index (κ3) is 4.06. The molecule has 0 fully saturated rings. The van der Waals surface area contributed by atoms with Gasteiger partial charge in [0.05, 0.1) is 0 Å². The van der Waals surface area contributed by atoms with Crippen LogP contribution < -0.4 is 10.2 Å². The molecule has 0 atom stereocenters. The lowest BCUT2D eigenvalue weighted by molar-refractivity contribution is 0.0916. The second-order valence-corrected chi connectivity index (χ2v) is 6.07. The highest BCUT2D eigenvalue weighted by Gasteiger charge is 2.18. The van der Waals surface area contributed by atoms with Crippen molar-refractivity contribution >= 4 is 11.7 Å². The Morgan fingerprint density at radius 3 is 2.41 bits per heavy atom. The number of carbonyl (C=O) groups is 2. The van der Waals surface area contributed by atoms with Crippen molar-refractivity contribution in [1.82, 2.24) is 4.68 Å². The molecule has 3 aromatic rings. The van der Waals surface area contributed by atoms with Crippen LogP contribution in [0.15, 0.2) is 60.7 Å². The Labute approximate surface area is 156 Å². The van der Waals surface area contributed by atoms with Gasteiger partial charge in [0.25, 0.3) is 5.91 Å². The molecule has 1 amide bonds. The van der Waals surface area contributed by atoms with E-state index in [1.807, 2.05) is 6.07 Å². The number of ketones is 1. The maximum absolute atomic E-state index is 13.6. The predicted octanol–water partition coefficient (Wildman–Crippen LogP) is 3.89. The molecular formula is C21H19FN2O3. The highest BCUT2D eigenvalue weighted by atomic mass is 19.1. The van der Waals surface area contributed by atoms with Gasteiger partial charge in [-0.25, -0.2) is 4.39 Å². The van der Waals surface area contributed by atoms with Crippen LogP contribution >= 0.6 is 0 Å². The lowest BCUT2D eigenvalue weighted by Gasteiger charge is -2.12. The Hall–Kier alpha value is -3.41. The summed E-state index contributed by atoms with van der Waals surface area (Å²) in [6.07, 6.45) is 0. The molecule has 2 aromatic carbocycles. The number of hydrogen-bond acceptors (Lipinski definition) is 3. The van der Waals surface area contributed by atoms with Gasteiger partial charge in [0.1, 0.15) is 0 Å². The van der Waals surface area contributed by atoms with Crippen LogP contribution in [0.1, 0.15) is 32.1 Å². The molecule has 0 aliphatic carbocycles. The monoisotopic (exact) mass is 366 g/mol. The van der Waals surface area contributed by atoms with E-state index in [4.69, 9.17) is 4.74 Å². The summed E-state index contributed by atoms with van der Waals surface area (Å²) < 4.78 is 20.5. The number of ether oxygens (including phenoxy) is 1. The van der Waals surface area contributed by atoms with Crippen LogP contribution in [0.25, 0.3) is 0 Å². The Morgan fingerprint density at radius 2 is 1.70 bits per heavy atom. The second-order valence-electron chi connectivity index (χ2n) is 6.07.